The largest absolute Gasteiger partial charge is 0.496 e. The van der Waals surface area contributed by atoms with Crippen LogP contribution in [0.5, 0.6) is 5.75 Å². The van der Waals surface area contributed by atoms with E-state index in [0.29, 0.717) is 5.56 Å². The van der Waals surface area contributed by atoms with Crippen LogP contribution in [0.3, 0.4) is 0 Å². The lowest BCUT2D eigenvalue weighted by atomic mass is 10.2. The number of ether oxygens (including phenoxy) is 1. The van der Waals surface area contributed by atoms with Crippen LogP contribution >= 0.6 is 31.9 Å². The Hall–Kier alpha value is -1.66. The highest BCUT2D eigenvalue weighted by molar-refractivity contribution is 9.10. The summed E-state index contributed by atoms with van der Waals surface area (Å²) in [5.41, 5.74) is 3.87. The highest BCUT2D eigenvalue weighted by atomic mass is 79.9. The Kier molecular flexibility index (Phi) is 5.52. The van der Waals surface area contributed by atoms with Gasteiger partial charge in [0.2, 0.25) is 0 Å². The molecule has 0 fully saturated rings. The van der Waals surface area contributed by atoms with E-state index in [1.165, 1.54) is 0 Å². The molecule has 0 aliphatic rings. The Bertz CT molecular complexity index is 687. The quantitative estimate of drug-likeness (QED) is 0.610. The van der Waals surface area contributed by atoms with Crippen LogP contribution in [-0.4, -0.2) is 19.2 Å². The topological polar surface area (TPSA) is 50.7 Å². The van der Waals surface area contributed by atoms with E-state index in [4.69, 9.17) is 4.74 Å². The van der Waals surface area contributed by atoms with E-state index in [0.717, 1.165) is 20.3 Å². The standard InChI is InChI=1S/C15H12Br2N2O2/c1-21-14-6-5-10(7-13(14)17)9-18-19-15(20)11-3-2-4-12(16)8-11/h2-9H,1H3,(H,19,20)/b18-9+. The van der Waals surface area contributed by atoms with Crippen molar-refractivity contribution in [3.8, 4) is 5.75 Å². The van der Waals surface area contributed by atoms with E-state index in [9.17, 15) is 4.79 Å². The molecule has 2 aromatic rings. The van der Waals surface area contributed by atoms with Gasteiger partial charge in [-0.2, -0.15) is 5.10 Å². The third kappa shape index (κ3) is 4.41. The zero-order valence-corrected chi connectivity index (χ0v) is 14.3. The fraction of sp³-hybridized carbons (Fsp3) is 0.0667. The van der Waals surface area contributed by atoms with E-state index < -0.39 is 0 Å². The molecule has 2 rings (SSSR count). The van der Waals surface area contributed by atoms with Gasteiger partial charge in [0.05, 0.1) is 17.8 Å². The summed E-state index contributed by atoms with van der Waals surface area (Å²) in [6.45, 7) is 0. The van der Waals surface area contributed by atoms with Crippen molar-refractivity contribution >= 4 is 44.0 Å². The number of hydrogen-bond donors (Lipinski definition) is 1. The van der Waals surface area contributed by atoms with Crippen molar-refractivity contribution in [2.24, 2.45) is 5.10 Å². The Balaban J connectivity index is 2.02. The summed E-state index contributed by atoms with van der Waals surface area (Å²) in [5.74, 6) is 0.477. The molecular weight excluding hydrogens is 400 g/mol. The van der Waals surface area contributed by atoms with Gasteiger partial charge >= 0.3 is 0 Å². The van der Waals surface area contributed by atoms with Crippen LogP contribution in [0.4, 0.5) is 0 Å². The van der Waals surface area contributed by atoms with Crippen LogP contribution in [-0.2, 0) is 0 Å². The minimum Gasteiger partial charge on any atom is -0.496 e. The van der Waals surface area contributed by atoms with Crippen LogP contribution in [0.25, 0.3) is 0 Å². The molecule has 1 N–H and O–H groups in total. The molecule has 0 radical (unpaired) electrons. The number of carbonyl (C=O) groups excluding carboxylic acids is 1. The molecule has 1 amide bonds. The number of nitrogens with one attached hydrogen (secondary N) is 1. The van der Waals surface area contributed by atoms with E-state index in [1.54, 1.807) is 31.5 Å². The lowest BCUT2D eigenvalue weighted by molar-refractivity contribution is 0.0955. The molecule has 6 heteroatoms. The number of hydrogen-bond acceptors (Lipinski definition) is 3. The number of rotatable bonds is 4. The lowest BCUT2D eigenvalue weighted by Crippen LogP contribution is -2.17. The first kappa shape index (κ1) is 15.7. The maximum Gasteiger partial charge on any atom is 0.271 e. The molecule has 0 aromatic heterocycles. The summed E-state index contributed by atoms with van der Waals surface area (Å²) >= 11 is 6.71. The first-order valence-electron chi connectivity index (χ1n) is 6.02. The molecule has 0 atom stereocenters. The molecule has 0 unspecified atom stereocenters. The fourth-order valence-corrected chi connectivity index (χ4v) is 2.58. The van der Waals surface area contributed by atoms with Crippen LogP contribution in [0, 0.1) is 0 Å². The molecule has 108 valence electrons. The third-order valence-electron chi connectivity index (χ3n) is 2.64. The molecule has 0 saturated carbocycles. The van der Waals surface area contributed by atoms with Crippen molar-refractivity contribution in [1.29, 1.82) is 0 Å². The van der Waals surface area contributed by atoms with Gasteiger partial charge in [0.15, 0.2) is 0 Å². The molecule has 0 aliphatic carbocycles. The Morgan fingerprint density at radius 3 is 2.71 bits per heavy atom. The number of methoxy groups -OCH3 is 1. The number of carbonyl (C=O) groups is 1. The Morgan fingerprint density at radius 1 is 1.24 bits per heavy atom. The van der Waals surface area contributed by atoms with Crippen LogP contribution in [0.15, 0.2) is 56.5 Å². The highest BCUT2D eigenvalue weighted by Gasteiger charge is 2.04. The molecule has 21 heavy (non-hydrogen) atoms. The summed E-state index contributed by atoms with van der Waals surface area (Å²) in [4.78, 5) is 11.9. The van der Waals surface area contributed by atoms with Gasteiger partial charge in [-0.25, -0.2) is 5.43 Å². The summed E-state index contributed by atoms with van der Waals surface area (Å²) < 4.78 is 6.82. The number of hydrazone groups is 1. The summed E-state index contributed by atoms with van der Waals surface area (Å²) in [6.07, 6.45) is 1.57. The zero-order chi connectivity index (χ0) is 15.2. The van der Waals surface area contributed by atoms with Crippen LogP contribution < -0.4 is 10.2 Å². The Morgan fingerprint density at radius 2 is 2.05 bits per heavy atom. The fourth-order valence-electron chi connectivity index (χ4n) is 1.62. The normalized spacial score (nSPS) is 10.6. The second-order valence-electron chi connectivity index (χ2n) is 4.10. The van der Waals surface area contributed by atoms with Crippen molar-refractivity contribution in [1.82, 2.24) is 5.43 Å². The molecular formula is C15H12Br2N2O2. The number of amides is 1. The summed E-state index contributed by atoms with van der Waals surface area (Å²) in [7, 11) is 1.60. The van der Waals surface area contributed by atoms with E-state index >= 15 is 0 Å². The molecule has 0 aliphatic heterocycles. The molecule has 0 bridgehead atoms. The zero-order valence-electron chi connectivity index (χ0n) is 11.1. The molecule has 2 aromatic carbocycles. The number of halogens is 2. The summed E-state index contributed by atoms with van der Waals surface area (Å²) in [6, 6.07) is 12.6. The minimum absolute atomic E-state index is 0.264. The first-order valence-corrected chi connectivity index (χ1v) is 7.61. The second-order valence-corrected chi connectivity index (χ2v) is 5.87. The maximum atomic E-state index is 11.9. The van der Waals surface area contributed by atoms with Gasteiger partial charge in [0, 0.05) is 10.0 Å². The third-order valence-corrected chi connectivity index (χ3v) is 3.76. The van der Waals surface area contributed by atoms with E-state index in [1.807, 2.05) is 24.3 Å². The van der Waals surface area contributed by atoms with Gasteiger partial charge in [-0.15, -0.1) is 0 Å². The van der Waals surface area contributed by atoms with Gasteiger partial charge in [0.1, 0.15) is 5.75 Å². The minimum atomic E-state index is -0.264. The van der Waals surface area contributed by atoms with Gasteiger partial charge in [0.25, 0.3) is 5.91 Å². The van der Waals surface area contributed by atoms with E-state index in [-0.39, 0.29) is 5.91 Å². The van der Waals surface area contributed by atoms with Crippen molar-refractivity contribution in [2.75, 3.05) is 7.11 Å². The van der Waals surface area contributed by atoms with Crippen LogP contribution in [0.1, 0.15) is 15.9 Å². The monoisotopic (exact) mass is 410 g/mol. The van der Waals surface area contributed by atoms with Gasteiger partial charge < -0.3 is 4.74 Å². The summed E-state index contributed by atoms with van der Waals surface area (Å²) in [5, 5.41) is 3.94. The molecule has 0 saturated heterocycles. The number of nitrogens with zero attached hydrogens (tertiary/aromatic N) is 1. The predicted octanol–water partition coefficient (Wildman–Crippen LogP) is 3.98. The average Bonchev–Trinajstić information content (AvgIpc) is 2.47. The Labute approximate surface area is 139 Å². The SMILES string of the molecule is COc1ccc(/C=N/NC(=O)c2cccc(Br)c2)cc1Br. The van der Waals surface area contributed by atoms with Crippen molar-refractivity contribution in [3.05, 3.63) is 62.5 Å². The van der Waals surface area contributed by atoms with Gasteiger partial charge in [-0.05, 0) is 57.9 Å². The second kappa shape index (κ2) is 7.38. The first-order chi connectivity index (χ1) is 10.1. The van der Waals surface area contributed by atoms with Gasteiger partial charge in [-0.1, -0.05) is 22.0 Å². The number of benzene rings is 2. The average molecular weight is 412 g/mol. The van der Waals surface area contributed by atoms with Crippen LogP contribution in [0.2, 0.25) is 0 Å². The molecule has 0 heterocycles. The molecule has 0 spiro atoms. The van der Waals surface area contributed by atoms with E-state index in [2.05, 4.69) is 42.4 Å². The molecule has 4 nitrogen and oxygen atoms in total. The lowest BCUT2D eigenvalue weighted by Gasteiger charge is -2.03. The predicted molar refractivity (Wildman–Crippen MR) is 89.9 cm³/mol. The highest BCUT2D eigenvalue weighted by Crippen LogP contribution is 2.24. The maximum absolute atomic E-state index is 11.9. The van der Waals surface area contributed by atoms with Gasteiger partial charge in [-0.3, -0.25) is 4.79 Å². The smallest absolute Gasteiger partial charge is 0.271 e. The van der Waals surface area contributed by atoms with Crippen molar-refractivity contribution in [3.63, 3.8) is 0 Å². The van der Waals surface area contributed by atoms with Crippen molar-refractivity contribution < 1.29 is 9.53 Å². The van der Waals surface area contributed by atoms with Crippen molar-refractivity contribution in [2.45, 2.75) is 0 Å².